The lowest BCUT2D eigenvalue weighted by atomic mass is 10.2. The fourth-order valence-corrected chi connectivity index (χ4v) is 2.27. The molecule has 0 saturated heterocycles. The molecule has 0 saturated carbocycles. The minimum atomic E-state index is -1.19. The number of aromatic nitrogens is 1. The second kappa shape index (κ2) is 5.48. The third-order valence-electron chi connectivity index (χ3n) is 2.54. The summed E-state index contributed by atoms with van der Waals surface area (Å²) in [6, 6.07) is 3.79. The third kappa shape index (κ3) is 3.07. The molecule has 0 aliphatic heterocycles. The van der Waals surface area contributed by atoms with Gasteiger partial charge in [-0.15, -0.1) is 0 Å². The van der Waals surface area contributed by atoms with Crippen LogP contribution in [0.15, 0.2) is 23.2 Å². The summed E-state index contributed by atoms with van der Waals surface area (Å²) in [5, 5.41) is 0. The molecular weight excluding hydrogens is 220 g/mol. The molecule has 3 nitrogen and oxygen atoms in total. The Bertz CT molecular complexity index is 423. The van der Waals surface area contributed by atoms with Crippen LogP contribution >= 0.6 is 9.21 Å². The van der Waals surface area contributed by atoms with Gasteiger partial charge in [0.15, 0.2) is 0 Å². The summed E-state index contributed by atoms with van der Waals surface area (Å²) in [6.45, 7) is 2.58. The molecule has 2 N–H and O–H groups in total. The number of methoxy groups -OCH3 is 1. The molecule has 0 spiro atoms. The Hall–Kier alpha value is -0.840. The van der Waals surface area contributed by atoms with E-state index < -0.39 is 9.21 Å². The number of hydrogen-bond donors (Lipinski definition) is 1. The van der Waals surface area contributed by atoms with E-state index in [9.17, 15) is 0 Å². The maximum atomic E-state index is 5.89. The van der Waals surface area contributed by atoms with Crippen LogP contribution in [0.5, 0.6) is 0 Å². The van der Waals surface area contributed by atoms with Gasteiger partial charge in [-0.3, -0.25) is 4.98 Å². The van der Waals surface area contributed by atoms with Crippen LogP contribution in [0.3, 0.4) is 0 Å². The smallest absolute Gasteiger partial charge is 0.0707 e. The molecule has 1 aromatic rings. The fourth-order valence-electron chi connectivity index (χ4n) is 1.30. The maximum Gasteiger partial charge on any atom is 0.0707 e. The Balaban J connectivity index is 2.91. The van der Waals surface area contributed by atoms with Crippen LogP contribution in [0.25, 0.3) is 0 Å². The van der Waals surface area contributed by atoms with Gasteiger partial charge < -0.3 is 10.5 Å². The first-order valence-corrected chi connectivity index (χ1v) is 7.33. The van der Waals surface area contributed by atoms with Crippen LogP contribution in [0.2, 0.25) is 0 Å². The number of hydrogen-bond acceptors (Lipinski definition) is 3. The first-order chi connectivity index (χ1) is 7.51. The van der Waals surface area contributed by atoms with Gasteiger partial charge in [-0.25, -0.2) is 0 Å². The maximum absolute atomic E-state index is 5.89. The van der Waals surface area contributed by atoms with Crippen LogP contribution in [-0.2, 0) is 4.74 Å². The molecule has 1 aromatic heterocycles. The zero-order valence-corrected chi connectivity index (χ0v) is 10.8. The van der Waals surface area contributed by atoms with Gasteiger partial charge in [0.1, 0.15) is 0 Å². The Morgan fingerprint density at radius 2 is 2.19 bits per heavy atom. The molecule has 0 aliphatic carbocycles. The molecule has 0 radical (unpaired) electrons. The van der Waals surface area contributed by atoms with Crippen LogP contribution < -0.4 is 5.73 Å². The fraction of sp³-hybridized carbons (Fsp3) is 0.417. The van der Waals surface area contributed by atoms with E-state index in [1.165, 1.54) is 0 Å². The highest BCUT2D eigenvalue weighted by Gasteiger charge is 2.07. The van der Waals surface area contributed by atoms with Crippen molar-refractivity contribution < 1.29 is 4.74 Å². The highest BCUT2D eigenvalue weighted by Crippen LogP contribution is 2.30. The van der Waals surface area contributed by atoms with Crippen LogP contribution in [0.4, 0.5) is 0 Å². The molecule has 4 heteroatoms. The summed E-state index contributed by atoms with van der Waals surface area (Å²) in [5.41, 5.74) is 6.73. The highest BCUT2D eigenvalue weighted by atomic mass is 32.2. The molecule has 90 valence electrons. The lowest BCUT2D eigenvalue weighted by Crippen LogP contribution is -2.17. The summed E-state index contributed by atoms with van der Waals surface area (Å²) in [6.07, 6.45) is 1.84. The minimum Gasteiger partial charge on any atom is -0.383 e. The SMILES string of the molecule is C=S(=C)(CC)c1ccc([C@@H](N)COC)nc1. The van der Waals surface area contributed by atoms with Gasteiger partial charge in [-0.05, 0) is 17.9 Å². The van der Waals surface area contributed by atoms with E-state index in [0.29, 0.717) is 6.61 Å². The molecule has 0 bridgehead atoms. The highest BCUT2D eigenvalue weighted by molar-refractivity contribution is 8.27. The first kappa shape index (κ1) is 13.2. The van der Waals surface area contributed by atoms with Crippen molar-refractivity contribution >= 4 is 20.9 Å². The van der Waals surface area contributed by atoms with E-state index in [1.54, 1.807) is 7.11 Å². The van der Waals surface area contributed by atoms with Crippen molar-refractivity contribution in [3.05, 3.63) is 24.0 Å². The second-order valence-corrected chi connectivity index (χ2v) is 6.95. The van der Waals surface area contributed by atoms with E-state index in [1.807, 2.05) is 18.3 Å². The summed E-state index contributed by atoms with van der Waals surface area (Å²) >= 11 is 0. The van der Waals surface area contributed by atoms with Crippen molar-refractivity contribution in [3.63, 3.8) is 0 Å². The minimum absolute atomic E-state index is 0.167. The Kier molecular flexibility index (Phi) is 4.53. The van der Waals surface area contributed by atoms with E-state index >= 15 is 0 Å². The van der Waals surface area contributed by atoms with E-state index in [2.05, 4.69) is 23.6 Å². The first-order valence-electron chi connectivity index (χ1n) is 5.19. The van der Waals surface area contributed by atoms with Gasteiger partial charge in [0, 0.05) is 18.2 Å². The lowest BCUT2D eigenvalue weighted by molar-refractivity contribution is 0.179. The number of nitrogens with two attached hydrogens (primary N) is 1. The topological polar surface area (TPSA) is 48.1 Å². The Morgan fingerprint density at radius 3 is 2.62 bits per heavy atom. The van der Waals surface area contributed by atoms with Gasteiger partial charge in [-0.1, -0.05) is 18.7 Å². The molecule has 1 rings (SSSR count). The predicted molar refractivity (Wildman–Crippen MR) is 73.7 cm³/mol. The van der Waals surface area contributed by atoms with Gasteiger partial charge in [-0.2, -0.15) is 9.21 Å². The molecule has 16 heavy (non-hydrogen) atoms. The quantitative estimate of drug-likeness (QED) is 0.798. The number of pyridine rings is 1. The molecule has 0 fully saturated rings. The third-order valence-corrected chi connectivity index (χ3v) is 4.88. The standard InChI is InChI=1S/C12H20N2OS/c1-5-16(3,4)10-6-7-12(14-8-10)11(13)9-15-2/h6-8,11H,3-5,9,13H2,1-2H3/t11-/m0/s1. The van der Waals surface area contributed by atoms with Crippen LogP contribution in [-0.4, -0.2) is 36.2 Å². The van der Waals surface area contributed by atoms with Gasteiger partial charge >= 0.3 is 0 Å². The predicted octanol–water partition coefficient (Wildman–Crippen LogP) is 1.78. The number of nitrogens with zero attached hydrogens (tertiary/aromatic N) is 1. The average molecular weight is 240 g/mol. The monoisotopic (exact) mass is 240 g/mol. The van der Waals surface area contributed by atoms with E-state index in [0.717, 1.165) is 16.3 Å². The van der Waals surface area contributed by atoms with Crippen molar-refractivity contribution in [2.75, 3.05) is 19.5 Å². The number of rotatable bonds is 5. The van der Waals surface area contributed by atoms with Crippen LogP contribution in [0.1, 0.15) is 18.7 Å². The van der Waals surface area contributed by atoms with Crippen molar-refractivity contribution in [1.82, 2.24) is 4.98 Å². The van der Waals surface area contributed by atoms with Crippen molar-refractivity contribution in [3.8, 4) is 0 Å². The zero-order chi connectivity index (χ0) is 12.2. The molecular formula is C12H20N2OS. The molecule has 0 unspecified atom stereocenters. The van der Waals surface area contributed by atoms with Gasteiger partial charge in [0.05, 0.1) is 18.3 Å². The van der Waals surface area contributed by atoms with Crippen LogP contribution in [0, 0.1) is 0 Å². The second-order valence-electron chi connectivity index (χ2n) is 3.81. The molecule has 0 aromatic carbocycles. The Labute approximate surface area is 98.1 Å². The zero-order valence-electron chi connectivity index (χ0n) is 9.98. The van der Waals surface area contributed by atoms with Crippen molar-refractivity contribution in [2.45, 2.75) is 17.9 Å². The molecule has 1 atom stereocenters. The molecule has 0 aliphatic rings. The normalized spacial score (nSPS) is 13.7. The van der Waals surface area contributed by atoms with Gasteiger partial charge in [0.2, 0.25) is 0 Å². The number of ether oxygens (including phenoxy) is 1. The van der Waals surface area contributed by atoms with Crippen molar-refractivity contribution in [1.29, 1.82) is 0 Å². The van der Waals surface area contributed by atoms with Crippen molar-refractivity contribution in [2.24, 2.45) is 5.73 Å². The summed E-state index contributed by atoms with van der Waals surface area (Å²) in [7, 11) is 0.444. The summed E-state index contributed by atoms with van der Waals surface area (Å²) in [5.74, 6) is 9.25. The van der Waals surface area contributed by atoms with Gasteiger partial charge in [0.25, 0.3) is 0 Å². The summed E-state index contributed by atoms with van der Waals surface area (Å²) < 4.78 is 4.99. The molecule has 0 amide bonds. The summed E-state index contributed by atoms with van der Waals surface area (Å²) in [4.78, 5) is 5.46. The molecule has 1 heterocycles. The van der Waals surface area contributed by atoms with E-state index in [-0.39, 0.29) is 6.04 Å². The largest absolute Gasteiger partial charge is 0.383 e. The van der Waals surface area contributed by atoms with E-state index in [4.69, 9.17) is 10.5 Å². The lowest BCUT2D eigenvalue weighted by Gasteiger charge is -2.14. The Morgan fingerprint density at radius 1 is 1.50 bits per heavy atom. The average Bonchev–Trinajstić information content (AvgIpc) is 2.29.